The van der Waals surface area contributed by atoms with E-state index in [0.717, 1.165) is 31.1 Å². The third-order valence-corrected chi connectivity index (χ3v) is 5.28. The van der Waals surface area contributed by atoms with Crippen molar-refractivity contribution < 1.29 is 9.90 Å². The molecule has 3 rings (SSSR count). The first-order chi connectivity index (χ1) is 12.6. The highest BCUT2D eigenvalue weighted by Gasteiger charge is 2.24. The van der Waals surface area contributed by atoms with E-state index in [0.29, 0.717) is 18.2 Å². The van der Waals surface area contributed by atoms with Crippen LogP contribution in [0.4, 0.5) is 0 Å². The van der Waals surface area contributed by atoms with Crippen molar-refractivity contribution in [1.82, 2.24) is 10.2 Å². The molecule has 2 aromatic carbocycles. The van der Waals surface area contributed by atoms with Crippen LogP contribution in [0, 0.1) is 5.92 Å². The lowest BCUT2D eigenvalue weighted by Crippen LogP contribution is -2.40. The molecule has 0 amide bonds. The van der Waals surface area contributed by atoms with E-state index in [2.05, 4.69) is 47.5 Å². The maximum absolute atomic E-state index is 11.1. The summed E-state index contributed by atoms with van der Waals surface area (Å²) in [6, 6.07) is 18.2. The number of benzene rings is 2. The molecule has 0 bridgehead atoms. The van der Waals surface area contributed by atoms with Crippen LogP contribution < -0.4 is 5.32 Å². The van der Waals surface area contributed by atoms with Crippen molar-refractivity contribution in [1.29, 1.82) is 0 Å². The molecule has 26 heavy (non-hydrogen) atoms. The van der Waals surface area contributed by atoms with Gasteiger partial charge in [-0.3, -0.25) is 4.90 Å². The van der Waals surface area contributed by atoms with E-state index in [9.17, 15) is 4.79 Å². The lowest BCUT2D eigenvalue weighted by molar-refractivity contribution is 0.0696. The van der Waals surface area contributed by atoms with Crippen molar-refractivity contribution in [3.05, 3.63) is 71.3 Å². The summed E-state index contributed by atoms with van der Waals surface area (Å²) < 4.78 is 0. The predicted octanol–water partition coefficient (Wildman–Crippen LogP) is 3.95. The maximum Gasteiger partial charge on any atom is 0.335 e. The van der Waals surface area contributed by atoms with Gasteiger partial charge in [0.1, 0.15) is 0 Å². The van der Waals surface area contributed by atoms with Gasteiger partial charge in [-0.1, -0.05) is 49.4 Å². The van der Waals surface area contributed by atoms with Crippen LogP contribution in [-0.4, -0.2) is 35.6 Å². The van der Waals surface area contributed by atoms with E-state index >= 15 is 0 Å². The number of nitrogens with zero attached hydrogens (tertiary/aromatic N) is 1. The van der Waals surface area contributed by atoms with E-state index in [-0.39, 0.29) is 0 Å². The molecule has 1 unspecified atom stereocenters. The number of carboxylic acid groups (broad SMARTS) is 1. The van der Waals surface area contributed by atoms with Crippen LogP contribution >= 0.6 is 0 Å². The van der Waals surface area contributed by atoms with Crippen LogP contribution in [0.3, 0.4) is 0 Å². The van der Waals surface area contributed by atoms with Crippen molar-refractivity contribution in [2.75, 3.05) is 19.6 Å². The predicted molar refractivity (Wildman–Crippen MR) is 104 cm³/mol. The van der Waals surface area contributed by atoms with Gasteiger partial charge in [-0.25, -0.2) is 4.79 Å². The smallest absolute Gasteiger partial charge is 0.335 e. The number of rotatable bonds is 7. The summed E-state index contributed by atoms with van der Waals surface area (Å²) >= 11 is 0. The Labute approximate surface area is 155 Å². The molecule has 0 aromatic heterocycles. The minimum atomic E-state index is -0.878. The molecule has 1 heterocycles. The minimum Gasteiger partial charge on any atom is -0.478 e. The number of likely N-dealkylation sites (tertiary alicyclic amines) is 1. The second-order valence-electron chi connectivity index (χ2n) is 7.28. The molecular formula is C22H28N2O2. The van der Waals surface area contributed by atoms with Gasteiger partial charge in [0.15, 0.2) is 0 Å². The van der Waals surface area contributed by atoms with Crippen LogP contribution in [0.15, 0.2) is 54.6 Å². The van der Waals surface area contributed by atoms with Gasteiger partial charge in [0.25, 0.3) is 0 Å². The van der Waals surface area contributed by atoms with E-state index in [1.165, 1.54) is 18.4 Å². The van der Waals surface area contributed by atoms with Crippen molar-refractivity contribution in [2.45, 2.75) is 32.4 Å². The van der Waals surface area contributed by atoms with Crippen molar-refractivity contribution in [3.8, 4) is 0 Å². The summed E-state index contributed by atoms with van der Waals surface area (Å²) in [5, 5.41) is 12.7. The van der Waals surface area contributed by atoms with E-state index < -0.39 is 5.97 Å². The molecule has 138 valence electrons. The Morgan fingerprint density at radius 1 is 1.15 bits per heavy atom. The molecule has 1 fully saturated rings. The second-order valence-corrected chi connectivity index (χ2v) is 7.28. The number of carbonyl (C=O) groups is 1. The molecule has 0 aliphatic carbocycles. The lowest BCUT2D eigenvalue weighted by Gasteiger charge is -2.37. The quantitative estimate of drug-likeness (QED) is 0.792. The molecule has 2 aromatic rings. The highest BCUT2D eigenvalue weighted by atomic mass is 16.4. The average molecular weight is 352 g/mol. The zero-order chi connectivity index (χ0) is 18.4. The zero-order valence-electron chi connectivity index (χ0n) is 15.4. The van der Waals surface area contributed by atoms with Gasteiger partial charge in [0.2, 0.25) is 0 Å². The third kappa shape index (κ3) is 4.93. The highest BCUT2D eigenvalue weighted by molar-refractivity contribution is 5.87. The fraction of sp³-hybridized carbons (Fsp3) is 0.409. The van der Waals surface area contributed by atoms with Crippen LogP contribution in [0.5, 0.6) is 0 Å². The Morgan fingerprint density at radius 3 is 2.58 bits per heavy atom. The van der Waals surface area contributed by atoms with Crippen molar-refractivity contribution in [3.63, 3.8) is 0 Å². The largest absolute Gasteiger partial charge is 0.478 e. The Balaban J connectivity index is 1.64. The fourth-order valence-corrected chi connectivity index (χ4v) is 3.64. The van der Waals surface area contributed by atoms with E-state index in [4.69, 9.17) is 5.11 Å². The summed E-state index contributed by atoms with van der Waals surface area (Å²) in [7, 11) is 0. The summed E-state index contributed by atoms with van der Waals surface area (Å²) in [6.45, 7) is 6.14. The molecule has 1 atom stereocenters. The van der Waals surface area contributed by atoms with Crippen LogP contribution in [0.1, 0.15) is 47.3 Å². The highest BCUT2D eigenvalue weighted by Crippen LogP contribution is 2.26. The molecular weight excluding hydrogens is 324 g/mol. The van der Waals surface area contributed by atoms with Gasteiger partial charge >= 0.3 is 5.97 Å². The van der Waals surface area contributed by atoms with Gasteiger partial charge in [-0.2, -0.15) is 0 Å². The fourth-order valence-electron chi connectivity index (χ4n) is 3.64. The molecule has 0 radical (unpaired) electrons. The first-order valence-corrected chi connectivity index (χ1v) is 9.45. The van der Waals surface area contributed by atoms with Crippen LogP contribution in [0.25, 0.3) is 0 Å². The molecule has 1 saturated heterocycles. The number of nitrogens with one attached hydrogen (secondary N) is 1. The minimum absolute atomic E-state index is 0.342. The molecule has 1 aliphatic heterocycles. The maximum atomic E-state index is 11.1. The van der Waals surface area contributed by atoms with Gasteiger partial charge in [0.05, 0.1) is 5.56 Å². The standard InChI is InChI=1S/C22H28N2O2/c1-17-10-12-24(13-11-17)21(19-7-3-2-4-8-19)16-23-15-18-6-5-9-20(14-18)22(25)26/h2-9,14,17,21,23H,10-13,15-16H2,1H3,(H,25,26). The van der Waals surface area contributed by atoms with Gasteiger partial charge in [0, 0.05) is 19.1 Å². The normalized spacial score (nSPS) is 17.1. The number of hydrogen-bond donors (Lipinski definition) is 2. The van der Waals surface area contributed by atoms with Crippen molar-refractivity contribution >= 4 is 5.97 Å². The van der Waals surface area contributed by atoms with Gasteiger partial charge < -0.3 is 10.4 Å². The summed E-state index contributed by atoms with van der Waals surface area (Å²) in [5.41, 5.74) is 2.69. The monoisotopic (exact) mass is 352 g/mol. The molecule has 0 saturated carbocycles. The topological polar surface area (TPSA) is 52.6 Å². The summed E-state index contributed by atoms with van der Waals surface area (Å²) in [4.78, 5) is 13.7. The number of aromatic carboxylic acids is 1. The van der Waals surface area contributed by atoms with E-state index in [1.54, 1.807) is 18.2 Å². The summed E-state index contributed by atoms with van der Waals surface area (Å²) in [6.07, 6.45) is 2.51. The lowest BCUT2D eigenvalue weighted by atomic mass is 9.95. The Bertz CT molecular complexity index is 709. The number of piperidine rings is 1. The van der Waals surface area contributed by atoms with Crippen molar-refractivity contribution in [2.24, 2.45) is 5.92 Å². The molecule has 2 N–H and O–H groups in total. The molecule has 4 nitrogen and oxygen atoms in total. The molecule has 0 spiro atoms. The number of carboxylic acids is 1. The Morgan fingerprint density at radius 2 is 1.88 bits per heavy atom. The third-order valence-electron chi connectivity index (χ3n) is 5.28. The Hall–Kier alpha value is -2.17. The van der Waals surface area contributed by atoms with Crippen LogP contribution in [0.2, 0.25) is 0 Å². The first kappa shape index (κ1) is 18.6. The second kappa shape index (κ2) is 8.97. The summed E-state index contributed by atoms with van der Waals surface area (Å²) in [5.74, 6) is -0.0640. The first-order valence-electron chi connectivity index (χ1n) is 9.45. The molecule has 4 heteroatoms. The zero-order valence-corrected chi connectivity index (χ0v) is 15.4. The van der Waals surface area contributed by atoms with E-state index in [1.807, 2.05) is 6.07 Å². The Kier molecular flexibility index (Phi) is 6.42. The average Bonchev–Trinajstić information content (AvgIpc) is 2.67. The van der Waals surface area contributed by atoms with Gasteiger partial charge in [-0.15, -0.1) is 0 Å². The van der Waals surface area contributed by atoms with Gasteiger partial charge in [-0.05, 0) is 55.1 Å². The SMILES string of the molecule is CC1CCN(C(CNCc2cccc(C(=O)O)c2)c2ccccc2)CC1. The van der Waals surface area contributed by atoms with Crippen LogP contribution in [-0.2, 0) is 6.54 Å². The molecule has 1 aliphatic rings. The number of hydrogen-bond acceptors (Lipinski definition) is 3.